The number of carbonyl (C=O) groups excluding carboxylic acids is 1. The van der Waals surface area contributed by atoms with Crippen molar-refractivity contribution < 1.29 is 14.6 Å². The fourth-order valence-corrected chi connectivity index (χ4v) is 3.06. The van der Waals surface area contributed by atoms with Crippen LogP contribution in [-0.4, -0.2) is 23.8 Å². The summed E-state index contributed by atoms with van der Waals surface area (Å²) < 4.78 is 5.67. The van der Waals surface area contributed by atoms with Crippen molar-refractivity contribution in [2.45, 2.75) is 19.8 Å². The molecule has 3 aromatic carbocycles. The van der Waals surface area contributed by atoms with E-state index in [2.05, 4.69) is 10.5 Å². The number of carbonyl (C=O) groups is 1. The van der Waals surface area contributed by atoms with Crippen LogP contribution in [-0.2, 0) is 4.79 Å². The Morgan fingerprint density at radius 3 is 2.86 bits per heavy atom. The van der Waals surface area contributed by atoms with Crippen molar-refractivity contribution >= 4 is 34.5 Å². The van der Waals surface area contributed by atoms with Crippen LogP contribution in [0.5, 0.6) is 11.5 Å². The Morgan fingerprint density at radius 2 is 2.04 bits per heavy atom. The van der Waals surface area contributed by atoms with Crippen molar-refractivity contribution in [3.8, 4) is 11.5 Å². The Morgan fingerprint density at radius 1 is 1.21 bits per heavy atom. The fraction of sp³-hybridized carbons (Fsp3) is 0.182. The van der Waals surface area contributed by atoms with Gasteiger partial charge < -0.3 is 9.84 Å². The summed E-state index contributed by atoms with van der Waals surface area (Å²) >= 11 is 5.92. The third-order valence-electron chi connectivity index (χ3n) is 4.27. The van der Waals surface area contributed by atoms with E-state index in [-0.39, 0.29) is 18.1 Å². The molecule has 0 atom stereocenters. The van der Waals surface area contributed by atoms with E-state index in [1.165, 1.54) is 6.21 Å². The smallest absolute Gasteiger partial charge is 0.240 e. The minimum Gasteiger partial charge on any atom is -0.507 e. The Hall–Kier alpha value is -3.05. The van der Waals surface area contributed by atoms with E-state index in [0.29, 0.717) is 23.6 Å². The number of hydrazone groups is 1. The van der Waals surface area contributed by atoms with E-state index < -0.39 is 0 Å². The van der Waals surface area contributed by atoms with Crippen LogP contribution in [0.4, 0.5) is 0 Å². The van der Waals surface area contributed by atoms with Gasteiger partial charge in [-0.05, 0) is 53.9 Å². The summed E-state index contributed by atoms with van der Waals surface area (Å²) in [6.45, 7) is 2.34. The van der Waals surface area contributed by atoms with Gasteiger partial charge in [-0.3, -0.25) is 4.79 Å². The molecule has 0 unspecified atom stereocenters. The van der Waals surface area contributed by atoms with Gasteiger partial charge in [-0.2, -0.15) is 5.10 Å². The van der Waals surface area contributed by atoms with Gasteiger partial charge in [-0.25, -0.2) is 5.43 Å². The van der Waals surface area contributed by atoms with Gasteiger partial charge in [-0.1, -0.05) is 41.9 Å². The standard InChI is InChI=1S/C22H21ClN2O3/c1-15-13-17(23)9-11-21(15)28-12-4-7-22(27)25-24-14-19-18-6-3-2-5-16(18)8-10-20(19)26/h2-3,5-6,8-11,13-14,26H,4,7,12H2,1H3,(H,25,27)/b24-14-. The molecule has 0 saturated carbocycles. The number of aryl methyl sites for hydroxylation is 1. The number of nitrogens with zero attached hydrogens (tertiary/aromatic N) is 1. The molecule has 0 fully saturated rings. The van der Waals surface area contributed by atoms with Gasteiger partial charge in [0.25, 0.3) is 0 Å². The maximum atomic E-state index is 11.9. The molecule has 0 aliphatic carbocycles. The van der Waals surface area contributed by atoms with E-state index in [1.807, 2.05) is 49.4 Å². The Kier molecular flexibility index (Phi) is 6.50. The molecule has 0 heterocycles. The number of benzene rings is 3. The first-order valence-electron chi connectivity index (χ1n) is 8.96. The highest BCUT2D eigenvalue weighted by Gasteiger charge is 2.05. The number of hydrogen-bond donors (Lipinski definition) is 2. The number of phenols is 1. The fourth-order valence-electron chi connectivity index (χ4n) is 2.83. The number of nitrogens with one attached hydrogen (secondary N) is 1. The lowest BCUT2D eigenvalue weighted by Gasteiger charge is -2.09. The molecule has 5 nitrogen and oxygen atoms in total. The third-order valence-corrected chi connectivity index (χ3v) is 4.51. The second-order valence-electron chi connectivity index (χ2n) is 6.37. The number of hydrogen-bond acceptors (Lipinski definition) is 4. The predicted octanol–water partition coefficient (Wildman–Crippen LogP) is 4.82. The number of ether oxygens (including phenoxy) is 1. The van der Waals surface area contributed by atoms with Crippen LogP contribution < -0.4 is 10.2 Å². The first-order valence-corrected chi connectivity index (χ1v) is 9.34. The van der Waals surface area contributed by atoms with Crippen molar-refractivity contribution in [1.29, 1.82) is 0 Å². The minimum absolute atomic E-state index is 0.114. The lowest BCUT2D eigenvalue weighted by molar-refractivity contribution is -0.121. The summed E-state index contributed by atoms with van der Waals surface area (Å²) in [5, 5.41) is 16.6. The SMILES string of the molecule is Cc1cc(Cl)ccc1OCCCC(=O)N/N=C\c1c(O)ccc2ccccc12. The van der Waals surface area contributed by atoms with Gasteiger partial charge >= 0.3 is 0 Å². The topological polar surface area (TPSA) is 70.9 Å². The van der Waals surface area contributed by atoms with Crippen LogP contribution >= 0.6 is 11.6 Å². The monoisotopic (exact) mass is 396 g/mol. The number of aromatic hydroxyl groups is 1. The molecule has 0 radical (unpaired) electrons. The zero-order valence-electron chi connectivity index (χ0n) is 15.5. The molecule has 0 aliphatic heterocycles. The third kappa shape index (κ3) is 5.02. The zero-order valence-corrected chi connectivity index (χ0v) is 16.2. The van der Waals surface area contributed by atoms with Crippen LogP contribution in [0.3, 0.4) is 0 Å². The summed E-state index contributed by atoms with van der Waals surface area (Å²) in [6, 6.07) is 16.5. The van der Waals surface area contributed by atoms with Crippen molar-refractivity contribution in [1.82, 2.24) is 5.43 Å². The van der Waals surface area contributed by atoms with Gasteiger partial charge in [0, 0.05) is 17.0 Å². The van der Waals surface area contributed by atoms with Gasteiger partial charge in [0.1, 0.15) is 11.5 Å². The number of phenolic OH excluding ortho intramolecular Hbond substituents is 1. The molecule has 1 amide bonds. The number of halogens is 1. The summed E-state index contributed by atoms with van der Waals surface area (Å²) in [4.78, 5) is 11.9. The predicted molar refractivity (Wildman–Crippen MR) is 112 cm³/mol. The summed E-state index contributed by atoms with van der Waals surface area (Å²) in [7, 11) is 0. The molecule has 3 rings (SSSR count). The van der Waals surface area contributed by atoms with Crippen molar-refractivity contribution in [3.63, 3.8) is 0 Å². The van der Waals surface area contributed by atoms with Crippen molar-refractivity contribution in [2.24, 2.45) is 5.10 Å². The van der Waals surface area contributed by atoms with E-state index in [0.717, 1.165) is 22.1 Å². The highest BCUT2D eigenvalue weighted by Crippen LogP contribution is 2.25. The van der Waals surface area contributed by atoms with E-state index in [4.69, 9.17) is 16.3 Å². The van der Waals surface area contributed by atoms with Crippen molar-refractivity contribution in [2.75, 3.05) is 6.61 Å². The van der Waals surface area contributed by atoms with Crippen LogP contribution in [0, 0.1) is 6.92 Å². The maximum Gasteiger partial charge on any atom is 0.240 e. The summed E-state index contributed by atoms with van der Waals surface area (Å²) in [5.74, 6) is 0.657. The van der Waals surface area contributed by atoms with Crippen molar-refractivity contribution in [3.05, 3.63) is 70.7 Å². The number of amides is 1. The van der Waals surface area contributed by atoms with Gasteiger partial charge in [-0.15, -0.1) is 0 Å². The molecular weight excluding hydrogens is 376 g/mol. The Labute approximate surface area is 168 Å². The maximum absolute atomic E-state index is 11.9. The minimum atomic E-state index is -0.215. The second-order valence-corrected chi connectivity index (χ2v) is 6.81. The summed E-state index contributed by atoms with van der Waals surface area (Å²) in [5.41, 5.74) is 4.01. The molecule has 2 N–H and O–H groups in total. The molecule has 0 saturated heterocycles. The molecule has 3 aromatic rings. The Balaban J connectivity index is 1.49. The average molecular weight is 397 g/mol. The van der Waals surface area contributed by atoms with Crippen LogP contribution in [0.15, 0.2) is 59.7 Å². The molecule has 0 spiro atoms. The van der Waals surface area contributed by atoms with E-state index in [9.17, 15) is 9.90 Å². The molecule has 6 heteroatoms. The second kappa shape index (κ2) is 9.24. The molecule has 0 aromatic heterocycles. The van der Waals surface area contributed by atoms with Crippen LogP contribution in [0.25, 0.3) is 10.8 Å². The highest BCUT2D eigenvalue weighted by molar-refractivity contribution is 6.30. The first kappa shape index (κ1) is 19.7. The Bertz CT molecular complexity index is 1020. The van der Waals surface area contributed by atoms with Crippen LogP contribution in [0.2, 0.25) is 5.02 Å². The van der Waals surface area contributed by atoms with Gasteiger partial charge in [0.2, 0.25) is 5.91 Å². The number of fused-ring (bicyclic) bond motifs is 1. The van der Waals surface area contributed by atoms with E-state index >= 15 is 0 Å². The molecule has 0 aliphatic rings. The highest BCUT2D eigenvalue weighted by atomic mass is 35.5. The molecular formula is C22H21ClN2O3. The molecule has 28 heavy (non-hydrogen) atoms. The quantitative estimate of drug-likeness (QED) is 0.342. The van der Waals surface area contributed by atoms with Gasteiger partial charge in [0.05, 0.1) is 12.8 Å². The number of rotatable bonds is 7. The first-order chi connectivity index (χ1) is 13.5. The van der Waals surface area contributed by atoms with E-state index in [1.54, 1.807) is 12.1 Å². The molecule has 0 bridgehead atoms. The summed E-state index contributed by atoms with van der Waals surface area (Å²) in [6.07, 6.45) is 2.30. The largest absolute Gasteiger partial charge is 0.507 e. The lowest BCUT2D eigenvalue weighted by Crippen LogP contribution is -2.18. The normalized spacial score (nSPS) is 11.1. The van der Waals surface area contributed by atoms with Crippen LogP contribution in [0.1, 0.15) is 24.0 Å². The average Bonchev–Trinajstić information content (AvgIpc) is 2.68. The lowest BCUT2D eigenvalue weighted by atomic mass is 10.0. The zero-order chi connectivity index (χ0) is 19.9. The molecule has 144 valence electrons. The van der Waals surface area contributed by atoms with Gasteiger partial charge in [0.15, 0.2) is 0 Å².